The molecular weight excluding hydrogens is 474 g/mol. The number of anilines is 1. The van der Waals surface area contributed by atoms with E-state index < -0.39 is 21.7 Å². The molecule has 30 heavy (non-hydrogen) atoms. The molecule has 162 valence electrons. The van der Waals surface area contributed by atoms with Crippen molar-refractivity contribution in [2.45, 2.75) is 31.3 Å². The highest BCUT2D eigenvalue weighted by Crippen LogP contribution is 2.20. The maximum atomic E-state index is 12.5. The Bertz CT molecular complexity index is 1020. The molecule has 10 heteroatoms. The first kappa shape index (κ1) is 23.8. The molecular formula is C20H24BrN3O5S. The van der Waals surface area contributed by atoms with Gasteiger partial charge in [0, 0.05) is 23.2 Å². The van der Waals surface area contributed by atoms with Crippen molar-refractivity contribution in [3.8, 4) is 0 Å². The van der Waals surface area contributed by atoms with Gasteiger partial charge in [-0.15, -0.1) is 0 Å². The summed E-state index contributed by atoms with van der Waals surface area (Å²) >= 11 is 3.31. The smallest absolute Gasteiger partial charge is 0.407 e. The van der Waals surface area contributed by atoms with E-state index in [4.69, 9.17) is 4.74 Å². The number of alkyl carbamates (subject to hydrolysis) is 1. The van der Waals surface area contributed by atoms with E-state index in [9.17, 15) is 18.0 Å². The maximum absolute atomic E-state index is 12.5. The van der Waals surface area contributed by atoms with Gasteiger partial charge < -0.3 is 15.4 Å². The third-order valence-electron chi connectivity index (χ3n) is 3.61. The first-order valence-corrected chi connectivity index (χ1v) is 11.4. The molecule has 0 saturated heterocycles. The van der Waals surface area contributed by atoms with Crippen LogP contribution in [-0.4, -0.2) is 39.1 Å². The van der Waals surface area contributed by atoms with Crippen molar-refractivity contribution >= 4 is 43.6 Å². The molecule has 0 unspecified atom stereocenters. The normalized spacial score (nSPS) is 11.6. The molecule has 0 fully saturated rings. The van der Waals surface area contributed by atoms with Gasteiger partial charge in [-0.2, -0.15) is 0 Å². The van der Waals surface area contributed by atoms with Crippen LogP contribution < -0.4 is 15.4 Å². The fraction of sp³-hybridized carbons (Fsp3) is 0.300. The van der Waals surface area contributed by atoms with Crippen molar-refractivity contribution in [1.29, 1.82) is 0 Å². The summed E-state index contributed by atoms with van der Waals surface area (Å²) in [6.07, 6.45) is -0.626. The van der Waals surface area contributed by atoms with E-state index in [1.54, 1.807) is 51.1 Å². The van der Waals surface area contributed by atoms with Gasteiger partial charge in [0.25, 0.3) is 5.91 Å². The van der Waals surface area contributed by atoms with Crippen molar-refractivity contribution in [1.82, 2.24) is 10.0 Å². The zero-order valence-electron chi connectivity index (χ0n) is 16.9. The van der Waals surface area contributed by atoms with Gasteiger partial charge in [0.2, 0.25) is 10.0 Å². The van der Waals surface area contributed by atoms with E-state index in [-0.39, 0.29) is 23.9 Å². The van der Waals surface area contributed by atoms with Gasteiger partial charge in [-0.05, 0) is 67.0 Å². The van der Waals surface area contributed by atoms with Crippen LogP contribution in [0.3, 0.4) is 0 Å². The Balaban J connectivity index is 1.96. The molecule has 0 bridgehead atoms. The van der Waals surface area contributed by atoms with Gasteiger partial charge in [0.05, 0.1) is 10.5 Å². The van der Waals surface area contributed by atoms with E-state index in [2.05, 4.69) is 31.3 Å². The van der Waals surface area contributed by atoms with E-state index in [1.165, 1.54) is 18.2 Å². The molecule has 0 aliphatic rings. The van der Waals surface area contributed by atoms with Crippen molar-refractivity contribution in [3.63, 3.8) is 0 Å². The summed E-state index contributed by atoms with van der Waals surface area (Å²) in [6, 6.07) is 12.8. The second-order valence-electron chi connectivity index (χ2n) is 7.29. The Labute approximate surface area is 184 Å². The first-order valence-electron chi connectivity index (χ1n) is 9.10. The van der Waals surface area contributed by atoms with Crippen molar-refractivity contribution in [2.24, 2.45) is 0 Å². The zero-order chi connectivity index (χ0) is 22.4. The number of carbonyl (C=O) groups excluding carboxylic acids is 2. The molecule has 0 aromatic heterocycles. The molecule has 2 aromatic rings. The molecule has 0 heterocycles. The number of hydrogen-bond acceptors (Lipinski definition) is 5. The van der Waals surface area contributed by atoms with Crippen LogP contribution >= 0.6 is 15.9 Å². The number of halogens is 1. The first-order chi connectivity index (χ1) is 14.0. The van der Waals surface area contributed by atoms with Crippen LogP contribution in [0.1, 0.15) is 31.1 Å². The van der Waals surface area contributed by atoms with Crippen molar-refractivity contribution in [3.05, 3.63) is 58.6 Å². The number of nitrogens with one attached hydrogen (secondary N) is 3. The van der Waals surface area contributed by atoms with Gasteiger partial charge in [0.1, 0.15) is 5.60 Å². The lowest BCUT2D eigenvalue weighted by Gasteiger charge is -2.19. The van der Waals surface area contributed by atoms with Gasteiger partial charge in [-0.3, -0.25) is 4.79 Å². The average molecular weight is 498 g/mol. The number of ether oxygens (including phenoxy) is 1. The standard InChI is InChI=1S/C20H24BrN3O5S/c1-20(2,3)29-19(26)22-11-12-23-30(27,28)15-8-6-7-14(13-15)24-18(25)16-9-4-5-10-17(16)21/h4-10,13,23H,11-12H2,1-3H3,(H,22,26)(H,24,25). The summed E-state index contributed by atoms with van der Waals surface area (Å²) in [7, 11) is -3.83. The predicted octanol–water partition coefficient (Wildman–Crippen LogP) is 3.50. The molecule has 0 atom stereocenters. The Hall–Kier alpha value is -2.43. The highest BCUT2D eigenvalue weighted by molar-refractivity contribution is 9.10. The number of benzene rings is 2. The second-order valence-corrected chi connectivity index (χ2v) is 9.91. The quantitative estimate of drug-likeness (QED) is 0.506. The van der Waals surface area contributed by atoms with Crippen LogP contribution in [0.2, 0.25) is 0 Å². The minimum absolute atomic E-state index is 0.00954. The Morgan fingerprint density at radius 3 is 2.40 bits per heavy atom. The number of carbonyl (C=O) groups is 2. The van der Waals surface area contributed by atoms with Crippen molar-refractivity contribution < 1.29 is 22.7 Å². The Kier molecular flexibility index (Phi) is 7.99. The lowest BCUT2D eigenvalue weighted by molar-refractivity contribution is 0.0528. The minimum Gasteiger partial charge on any atom is -0.444 e. The van der Waals surface area contributed by atoms with Gasteiger partial charge in [0.15, 0.2) is 0 Å². The fourth-order valence-corrected chi connectivity index (χ4v) is 3.87. The average Bonchev–Trinajstić information content (AvgIpc) is 2.64. The number of amides is 2. The van der Waals surface area contributed by atoms with E-state index in [1.807, 2.05) is 0 Å². The van der Waals surface area contributed by atoms with Crippen LogP contribution in [0.5, 0.6) is 0 Å². The maximum Gasteiger partial charge on any atom is 0.407 e. The third-order valence-corrected chi connectivity index (χ3v) is 5.76. The van der Waals surface area contributed by atoms with E-state index in [0.717, 1.165) is 0 Å². The molecule has 2 rings (SSSR count). The van der Waals surface area contributed by atoms with Crippen LogP contribution in [0.25, 0.3) is 0 Å². The summed E-state index contributed by atoms with van der Waals surface area (Å²) in [6.45, 7) is 5.24. The van der Waals surface area contributed by atoms with Gasteiger partial charge in [-0.1, -0.05) is 18.2 Å². The zero-order valence-corrected chi connectivity index (χ0v) is 19.3. The van der Waals surface area contributed by atoms with E-state index >= 15 is 0 Å². The van der Waals surface area contributed by atoms with Crippen molar-refractivity contribution in [2.75, 3.05) is 18.4 Å². The molecule has 8 nitrogen and oxygen atoms in total. The molecule has 0 saturated carbocycles. The summed E-state index contributed by atoms with van der Waals surface area (Å²) in [5, 5.41) is 5.16. The third kappa shape index (κ3) is 7.43. The highest BCUT2D eigenvalue weighted by atomic mass is 79.9. The number of rotatable bonds is 7. The molecule has 0 radical (unpaired) electrons. The highest BCUT2D eigenvalue weighted by Gasteiger charge is 2.17. The summed E-state index contributed by atoms with van der Waals surface area (Å²) in [5.74, 6) is -0.369. The Morgan fingerprint density at radius 1 is 1.03 bits per heavy atom. The molecule has 2 aromatic carbocycles. The summed E-state index contributed by atoms with van der Waals surface area (Å²) in [4.78, 5) is 24.0. The molecule has 2 amide bonds. The number of hydrogen-bond donors (Lipinski definition) is 3. The Morgan fingerprint density at radius 2 is 1.73 bits per heavy atom. The summed E-state index contributed by atoms with van der Waals surface area (Å²) in [5.41, 5.74) is 0.131. The molecule has 3 N–H and O–H groups in total. The summed E-state index contributed by atoms with van der Waals surface area (Å²) < 4.78 is 33.1. The van der Waals surface area contributed by atoms with Gasteiger partial charge >= 0.3 is 6.09 Å². The van der Waals surface area contributed by atoms with E-state index in [0.29, 0.717) is 15.7 Å². The number of sulfonamides is 1. The predicted molar refractivity (Wildman–Crippen MR) is 118 cm³/mol. The second kappa shape index (κ2) is 10.1. The fourth-order valence-electron chi connectivity index (χ4n) is 2.33. The lowest BCUT2D eigenvalue weighted by Crippen LogP contribution is -2.37. The van der Waals surface area contributed by atoms with Crippen LogP contribution in [0.15, 0.2) is 57.9 Å². The van der Waals surface area contributed by atoms with Crippen LogP contribution in [-0.2, 0) is 14.8 Å². The molecule has 0 aliphatic heterocycles. The topological polar surface area (TPSA) is 114 Å². The molecule has 0 aliphatic carbocycles. The lowest BCUT2D eigenvalue weighted by atomic mass is 10.2. The van der Waals surface area contributed by atoms with Gasteiger partial charge in [-0.25, -0.2) is 17.9 Å². The van der Waals surface area contributed by atoms with Crippen LogP contribution in [0, 0.1) is 0 Å². The van der Waals surface area contributed by atoms with Crippen LogP contribution in [0.4, 0.5) is 10.5 Å². The minimum atomic E-state index is -3.83. The SMILES string of the molecule is CC(C)(C)OC(=O)NCCNS(=O)(=O)c1cccc(NC(=O)c2ccccc2Br)c1. The largest absolute Gasteiger partial charge is 0.444 e. The molecule has 0 spiro atoms. The monoisotopic (exact) mass is 497 g/mol.